The summed E-state index contributed by atoms with van der Waals surface area (Å²) in [5.41, 5.74) is 1.85. The minimum atomic E-state index is -0.430. The topological polar surface area (TPSA) is 102 Å². The number of rotatable bonds is 6. The standard InChI is InChI=1S/C20H18N4O4/c1-27-16-8-6-14(7-9-16)24-19(25)17-11-22-18(12-21-17)23-15-5-3-4-13(10-15)20(26)28-2/h3-12H,1-2H3,(H,22,23)(H,24,25). The summed E-state index contributed by atoms with van der Waals surface area (Å²) in [6.07, 6.45) is 2.80. The smallest absolute Gasteiger partial charge is 0.337 e. The third-order valence-electron chi connectivity index (χ3n) is 3.79. The van der Waals surface area contributed by atoms with Gasteiger partial charge >= 0.3 is 5.97 Å². The third kappa shape index (κ3) is 4.61. The van der Waals surface area contributed by atoms with Gasteiger partial charge in [-0.05, 0) is 42.5 Å². The minimum absolute atomic E-state index is 0.171. The molecule has 1 aromatic heterocycles. The molecule has 142 valence electrons. The van der Waals surface area contributed by atoms with Crippen LogP contribution in [0.3, 0.4) is 0 Å². The molecule has 1 amide bonds. The first kappa shape index (κ1) is 18.8. The number of nitrogens with zero attached hydrogens (tertiary/aromatic N) is 2. The van der Waals surface area contributed by atoms with Crippen LogP contribution in [0.4, 0.5) is 17.2 Å². The zero-order chi connectivity index (χ0) is 19.9. The molecular formula is C20H18N4O4. The molecule has 0 radical (unpaired) electrons. The molecule has 3 aromatic rings. The first-order chi connectivity index (χ1) is 13.6. The summed E-state index contributed by atoms with van der Waals surface area (Å²) in [5, 5.41) is 5.76. The number of nitrogens with one attached hydrogen (secondary N) is 2. The van der Waals surface area contributed by atoms with Crippen LogP contribution < -0.4 is 15.4 Å². The second-order valence-corrected chi connectivity index (χ2v) is 5.67. The van der Waals surface area contributed by atoms with E-state index in [1.54, 1.807) is 55.6 Å². The van der Waals surface area contributed by atoms with Crippen molar-refractivity contribution in [1.82, 2.24) is 9.97 Å². The monoisotopic (exact) mass is 378 g/mol. The Labute approximate surface area is 161 Å². The molecule has 0 aliphatic heterocycles. The number of methoxy groups -OCH3 is 2. The average molecular weight is 378 g/mol. The highest BCUT2D eigenvalue weighted by Gasteiger charge is 2.10. The molecule has 0 saturated heterocycles. The minimum Gasteiger partial charge on any atom is -0.497 e. The molecule has 0 saturated carbocycles. The van der Waals surface area contributed by atoms with Gasteiger partial charge in [0.2, 0.25) is 0 Å². The summed E-state index contributed by atoms with van der Waals surface area (Å²) in [6, 6.07) is 13.7. The Morgan fingerprint density at radius 2 is 1.71 bits per heavy atom. The van der Waals surface area contributed by atoms with Gasteiger partial charge in [0, 0.05) is 11.4 Å². The van der Waals surface area contributed by atoms with E-state index in [0.717, 1.165) is 0 Å². The molecule has 2 aromatic carbocycles. The fraction of sp³-hybridized carbons (Fsp3) is 0.100. The average Bonchev–Trinajstić information content (AvgIpc) is 2.74. The molecule has 0 unspecified atom stereocenters. The zero-order valence-corrected chi connectivity index (χ0v) is 15.3. The van der Waals surface area contributed by atoms with Crippen LogP contribution in [0, 0.1) is 0 Å². The molecule has 28 heavy (non-hydrogen) atoms. The lowest BCUT2D eigenvalue weighted by molar-refractivity contribution is 0.0600. The van der Waals surface area contributed by atoms with Crippen LogP contribution in [0.2, 0.25) is 0 Å². The van der Waals surface area contributed by atoms with Gasteiger partial charge in [-0.2, -0.15) is 0 Å². The van der Waals surface area contributed by atoms with Crippen LogP contribution >= 0.6 is 0 Å². The Morgan fingerprint density at radius 3 is 2.36 bits per heavy atom. The lowest BCUT2D eigenvalue weighted by atomic mass is 10.2. The molecule has 0 aliphatic rings. The van der Waals surface area contributed by atoms with Gasteiger partial charge < -0.3 is 20.1 Å². The van der Waals surface area contributed by atoms with Gasteiger partial charge in [-0.15, -0.1) is 0 Å². The SMILES string of the molecule is COC(=O)c1cccc(Nc2cnc(C(=O)Nc3ccc(OC)cc3)cn2)c1. The van der Waals surface area contributed by atoms with E-state index in [1.807, 2.05) is 0 Å². The van der Waals surface area contributed by atoms with Crippen molar-refractivity contribution in [3.63, 3.8) is 0 Å². The molecule has 0 spiro atoms. The van der Waals surface area contributed by atoms with Gasteiger partial charge in [0.05, 0.1) is 32.2 Å². The Kier molecular flexibility index (Phi) is 5.81. The quantitative estimate of drug-likeness (QED) is 0.635. The van der Waals surface area contributed by atoms with E-state index in [-0.39, 0.29) is 11.6 Å². The molecular weight excluding hydrogens is 360 g/mol. The molecule has 0 bridgehead atoms. The predicted molar refractivity (Wildman–Crippen MR) is 104 cm³/mol. The van der Waals surface area contributed by atoms with Crippen LogP contribution in [0.25, 0.3) is 0 Å². The van der Waals surface area contributed by atoms with Crippen molar-refractivity contribution in [2.45, 2.75) is 0 Å². The number of hydrogen-bond donors (Lipinski definition) is 2. The number of anilines is 3. The molecule has 1 heterocycles. The summed E-state index contributed by atoms with van der Waals surface area (Å²) in [4.78, 5) is 32.2. The number of carbonyl (C=O) groups excluding carboxylic acids is 2. The summed E-state index contributed by atoms with van der Waals surface area (Å²) < 4.78 is 9.78. The molecule has 2 N–H and O–H groups in total. The maximum absolute atomic E-state index is 12.3. The van der Waals surface area contributed by atoms with Crippen molar-refractivity contribution < 1.29 is 19.1 Å². The van der Waals surface area contributed by atoms with Gasteiger partial charge in [0.1, 0.15) is 17.3 Å². The number of esters is 1. The second-order valence-electron chi connectivity index (χ2n) is 5.67. The molecule has 3 rings (SSSR count). The molecule has 8 nitrogen and oxygen atoms in total. The molecule has 8 heteroatoms. The van der Waals surface area contributed by atoms with Crippen molar-refractivity contribution in [2.24, 2.45) is 0 Å². The molecule has 0 fully saturated rings. The predicted octanol–water partition coefficient (Wildman–Crippen LogP) is 3.27. The van der Waals surface area contributed by atoms with Gasteiger partial charge in [0.25, 0.3) is 5.91 Å². The van der Waals surface area contributed by atoms with Crippen molar-refractivity contribution in [1.29, 1.82) is 0 Å². The summed E-state index contributed by atoms with van der Waals surface area (Å²) in [7, 11) is 2.90. The van der Waals surface area contributed by atoms with Crippen LogP contribution in [0.5, 0.6) is 5.75 Å². The maximum atomic E-state index is 12.3. The van der Waals surface area contributed by atoms with Crippen molar-refractivity contribution in [2.75, 3.05) is 24.9 Å². The molecule has 0 aliphatic carbocycles. The first-order valence-corrected chi connectivity index (χ1v) is 8.32. The Bertz CT molecular complexity index is 972. The number of ether oxygens (including phenoxy) is 2. The second kappa shape index (κ2) is 8.63. The van der Waals surface area contributed by atoms with Crippen LogP contribution in [-0.4, -0.2) is 36.1 Å². The van der Waals surface area contributed by atoms with Crippen LogP contribution in [0.15, 0.2) is 60.9 Å². The fourth-order valence-electron chi connectivity index (χ4n) is 2.37. The van der Waals surface area contributed by atoms with E-state index in [9.17, 15) is 9.59 Å². The zero-order valence-electron chi connectivity index (χ0n) is 15.3. The number of aromatic nitrogens is 2. The van der Waals surface area contributed by atoms with E-state index < -0.39 is 5.97 Å². The lowest BCUT2D eigenvalue weighted by Crippen LogP contribution is -2.14. The maximum Gasteiger partial charge on any atom is 0.337 e. The highest BCUT2D eigenvalue weighted by atomic mass is 16.5. The van der Waals surface area contributed by atoms with E-state index >= 15 is 0 Å². The highest BCUT2D eigenvalue weighted by Crippen LogP contribution is 2.17. The van der Waals surface area contributed by atoms with Gasteiger partial charge in [-0.3, -0.25) is 4.79 Å². The summed E-state index contributed by atoms with van der Waals surface area (Å²) >= 11 is 0. The normalized spacial score (nSPS) is 10.1. The Hall–Kier alpha value is -3.94. The van der Waals surface area contributed by atoms with Crippen LogP contribution in [0.1, 0.15) is 20.8 Å². The summed E-state index contributed by atoms with van der Waals surface area (Å²) in [5.74, 6) is 0.324. The number of carbonyl (C=O) groups is 2. The van der Waals surface area contributed by atoms with Gasteiger partial charge in [-0.1, -0.05) is 6.07 Å². The van der Waals surface area contributed by atoms with Gasteiger partial charge in [0.15, 0.2) is 0 Å². The van der Waals surface area contributed by atoms with E-state index in [1.165, 1.54) is 19.5 Å². The third-order valence-corrected chi connectivity index (χ3v) is 3.79. The number of benzene rings is 2. The first-order valence-electron chi connectivity index (χ1n) is 8.32. The largest absolute Gasteiger partial charge is 0.497 e. The van der Waals surface area contributed by atoms with E-state index in [4.69, 9.17) is 9.47 Å². The Morgan fingerprint density at radius 1 is 0.929 bits per heavy atom. The fourth-order valence-corrected chi connectivity index (χ4v) is 2.37. The van der Waals surface area contributed by atoms with Crippen molar-refractivity contribution in [3.8, 4) is 5.75 Å². The van der Waals surface area contributed by atoms with Crippen LogP contribution in [-0.2, 0) is 4.74 Å². The number of hydrogen-bond acceptors (Lipinski definition) is 7. The van der Waals surface area contributed by atoms with E-state index in [0.29, 0.717) is 28.5 Å². The highest BCUT2D eigenvalue weighted by molar-refractivity contribution is 6.02. The number of amides is 1. The van der Waals surface area contributed by atoms with Crippen molar-refractivity contribution in [3.05, 3.63) is 72.2 Å². The van der Waals surface area contributed by atoms with E-state index in [2.05, 4.69) is 20.6 Å². The van der Waals surface area contributed by atoms with Gasteiger partial charge in [-0.25, -0.2) is 14.8 Å². The Balaban J connectivity index is 1.65. The van der Waals surface area contributed by atoms with Crippen molar-refractivity contribution >= 4 is 29.1 Å². The molecule has 0 atom stereocenters. The lowest BCUT2D eigenvalue weighted by Gasteiger charge is -2.08. The summed E-state index contributed by atoms with van der Waals surface area (Å²) in [6.45, 7) is 0.